The largest absolute Gasteiger partial charge is 0.497 e. The molecule has 1 N–H and O–H groups in total. The van der Waals surface area contributed by atoms with E-state index < -0.39 is 0 Å². The number of anilines is 1. The average molecular weight is 395 g/mol. The van der Waals surface area contributed by atoms with Gasteiger partial charge in [0.25, 0.3) is 5.56 Å². The summed E-state index contributed by atoms with van der Waals surface area (Å²) in [6.45, 7) is 3.10. The third-order valence-electron chi connectivity index (χ3n) is 5.13. The van der Waals surface area contributed by atoms with Gasteiger partial charge in [0.2, 0.25) is 5.95 Å². The first-order valence-corrected chi connectivity index (χ1v) is 9.53. The zero-order valence-corrected chi connectivity index (χ0v) is 16.4. The van der Waals surface area contributed by atoms with Crippen LogP contribution in [0.4, 0.5) is 10.3 Å². The minimum absolute atomic E-state index is 0.155. The van der Waals surface area contributed by atoms with Gasteiger partial charge < -0.3 is 14.8 Å². The van der Waals surface area contributed by atoms with Crippen molar-refractivity contribution in [2.45, 2.75) is 26.4 Å². The lowest BCUT2D eigenvalue weighted by Crippen LogP contribution is -2.25. The summed E-state index contributed by atoms with van der Waals surface area (Å²) in [4.78, 5) is 17.4. The smallest absolute Gasteiger partial charge is 0.262 e. The van der Waals surface area contributed by atoms with Crippen LogP contribution in [0.2, 0.25) is 0 Å². The molecule has 1 aliphatic rings. The van der Waals surface area contributed by atoms with Crippen molar-refractivity contribution in [3.63, 3.8) is 0 Å². The summed E-state index contributed by atoms with van der Waals surface area (Å²) in [5, 5.41) is 3.13. The fraction of sp³-hybridized carbons (Fsp3) is 0.273. The molecule has 0 saturated heterocycles. The van der Waals surface area contributed by atoms with Crippen molar-refractivity contribution in [3.05, 3.63) is 69.9 Å². The summed E-state index contributed by atoms with van der Waals surface area (Å²) in [6, 6.07) is 10.3. The maximum absolute atomic E-state index is 14.4. The Balaban J connectivity index is 1.63. The number of methoxy groups -OCH3 is 1. The molecule has 1 aliphatic heterocycles. The van der Waals surface area contributed by atoms with Gasteiger partial charge in [-0.05, 0) is 36.8 Å². The quantitative estimate of drug-likeness (QED) is 0.691. The van der Waals surface area contributed by atoms with E-state index in [1.54, 1.807) is 36.1 Å². The van der Waals surface area contributed by atoms with Crippen molar-refractivity contribution < 1.29 is 13.9 Å². The number of aromatic nitrogens is 2. The van der Waals surface area contributed by atoms with Gasteiger partial charge >= 0.3 is 0 Å². The number of halogens is 1. The van der Waals surface area contributed by atoms with E-state index >= 15 is 0 Å². The lowest BCUT2D eigenvalue weighted by molar-refractivity contribution is 0.356. The Labute approximate surface area is 167 Å². The van der Waals surface area contributed by atoms with Crippen LogP contribution in [-0.2, 0) is 19.5 Å². The lowest BCUT2D eigenvalue weighted by Gasteiger charge is -2.15. The molecule has 0 amide bonds. The fourth-order valence-corrected chi connectivity index (χ4v) is 3.57. The zero-order valence-electron chi connectivity index (χ0n) is 16.4. The van der Waals surface area contributed by atoms with Crippen molar-refractivity contribution in [2.75, 3.05) is 19.0 Å². The minimum Gasteiger partial charge on any atom is -0.497 e. The Morgan fingerprint density at radius 1 is 1.24 bits per heavy atom. The van der Waals surface area contributed by atoms with E-state index in [-0.39, 0.29) is 17.9 Å². The Hall–Kier alpha value is -3.35. The lowest BCUT2D eigenvalue weighted by atomic mass is 10.0. The maximum Gasteiger partial charge on any atom is 0.262 e. The van der Waals surface area contributed by atoms with Crippen LogP contribution in [0.1, 0.15) is 18.1 Å². The molecule has 0 unspecified atom stereocenters. The molecular formula is C22H22FN3O3. The first-order chi connectivity index (χ1) is 14.1. The van der Waals surface area contributed by atoms with Gasteiger partial charge in [-0.1, -0.05) is 12.1 Å². The molecule has 7 heteroatoms. The Kier molecular flexibility index (Phi) is 5.20. The van der Waals surface area contributed by atoms with Gasteiger partial charge in [-0.15, -0.1) is 0 Å². The van der Waals surface area contributed by atoms with Gasteiger partial charge in [-0.2, -0.15) is 0 Å². The summed E-state index contributed by atoms with van der Waals surface area (Å²) in [5.41, 5.74) is 2.53. The first-order valence-electron chi connectivity index (χ1n) is 9.53. The Bertz CT molecular complexity index is 1090. The predicted molar refractivity (Wildman–Crippen MR) is 109 cm³/mol. The Morgan fingerprint density at radius 3 is 2.76 bits per heavy atom. The number of fused-ring (bicyclic) bond motifs is 1. The summed E-state index contributed by atoms with van der Waals surface area (Å²) in [6.07, 6.45) is 2.22. The van der Waals surface area contributed by atoms with Crippen LogP contribution in [0.25, 0.3) is 11.1 Å². The molecule has 2 aromatic carbocycles. The van der Waals surface area contributed by atoms with E-state index in [9.17, 15) is 9.18 Å². The topological polar surface area (TPSA) is 65.4 Å². The van der Waals surface area contributed by atoms with Gasteiger partial charge in [0.15, 0.2) is 0 Å². The molecule has 0 radical (unpaired) electrons. The molecule has 29 heavy (non-hydrogen) atoms. The number of hydrogen-bond donors (Lipinski definition) is 1. The number of ether oxygens (including phenoxy) is 2. The van der Waals surface area contributed by atoms with E-state index in [1.807, 2.05) is 19.1 Å². The molecule has 150 valence electrons. The van der Waals surface area contributed by atoms with Gasteiger partial charge in [0.1, 0.15) is 17.3 Å². The number of nitrogens with zero attached hydrogens (tertiary/aromatic N) is 2. The highest BCUT2D eigenvalue weighted by Crippen LogP contribution is 2.30. The van der Waals surface area contributed by atoms with Gasteiger partial charge in [0, 0.05) is 36.8 Å². The molecule has 0 fully saturated rings. The Morgan fingerprint density at radius 2 is 2.03 bits per heavy atom. The van der Waals surface area contributed by atoms with E-state index in [4.69, 9.17) is 9.47 Å². The average Bonchev–Trinajstić information content (AvgIpc) is 3.22. The molecule has 0 bridgehead atoms. The SMILES string of the molecule is CCn1c(NCc2c(F)ccc3c2CCO3)ncc(-c2ccc(OC)cc2)c1=O. The van der Waals surface area contributed by atoms with Crippen LogP contribution in [0.15, 0.2) is 47.4 Å². The first kappa shape index (κ1) is 19.0. The van der Waals surface area contributed by atoms with Crippen LogP contribution in [0, 0.1) is 5.82 Å². The van der Waals surface area contributed by atoms with Crippen LogP contribution >= 0.6 is 0 Å². The maximum atomic E-state index is 14.4. The highest BCUT2D eigenvalue weighted by atomic mass is 19.1. The van der Waals surface area contributed by atoms with Crippen LogP contribution in [0.3, 0.4) is 0 Å². The third-order valence-corrected chi connectivity index (χ3v) is 5.13. The van der Waals surface area contributed by atoms with Crippen molar-refractivity contribution in [2.24, 2.45) is 0 Å². The van der Waals surface area contributed by atoms with Crippen molar-refractivity contribution in [3.8, 4) is 22.6 Å². The molecular weight excluding hydrogens is 373 g/mol. The summed E-state index contributed by atoms with van der Waals surface area (Å²) in [5.74, 6) is 1.56. The van der Waals surface area contributed by atoms with Crippen molar-refractivity contribution in [1.82, 2.24) is 9.55 Å². The standard InChI is InChI=1S/C22H22FN3O3/c1-3-26-21(27)17(14-4-6-15(28-2)7-5-14)12-24-22(26)25-13-18-16-10-11-29-20(16)9-8-19(18)23/h4-9,12H,3,10-11,13H2,1-2H3,(H,24,25). The monoisotopic (exact) mass is 395 g/mol. The van der Waals surface area contributed by atoms with Crippen LogP contribution < -0.4 is 20.3 Å². The zero-order chi connectivity index (χ0) is 20.4. The highest BCUT2D eigenvalue weighted by Gasteiger charge is 2.20. The summed E-state index contributed by atoms with van der Waals surface area (Å²) in [7, 11) is 1.60. The van der Waals surface area contributed by atoms with E-state index in [0.29, 0.717) is 36.6 Å². The molecule has 0 atom stereocenters. The minimum atomic E-state index is -0.290. The van der Waals surface area contributed by atoms with E-state index in [0.717, 1.165) is 22.6 Å². The van der Waals surface area contributed by atoms with Crippen LogP contribution in [0.5, 0.6) is 11.5 Å². The van der Waals surface area contributed by atoms with Gasteiger partial charge in [0.05, 0.1) is 19.3 Å². The molecule has 0 aliphatic carbocycles. The number of benzene rings is 2. The number of hydrogen-bond acceptors (Lipinski definition) is 5. The second-order valence-electron chi connectivity index (χ2n) is 6.73. The second kappa shape index (κ2) is 7.95. The van der Waals surface area contributed by atoms with Crippen molar-refractivity contribution >= 4 is 5.95 Å². The van der Waals surface area contributed by atoms with Gasteiger partial charge in [-0.25, -0.2) is 9.37 Å². The molecule has 2 heterocycles. The normalized spacial score (nSPS) is 12.4. The van der Waals surface area contributed by atoms with E-state index in [1.165, 1.54) is 6.07 Å². The number of rotatable bonds is 6. The second-order valence-corrected chi connectivity index (χ2v) is 6.73. The molecule has 1 aromatic heterocycles. The van der Waals surface area contributed by atoms with Crippen LogP contribution in [-0.4, -0.2) is 23.3 Å². The molecule has 6 nitrogen and oxygen atoms in total. The molecule has 3 aromatic rings. The highest BCUT2D eigenvalue weighted by molar-refractivity contribution is 5.63. The van der Waals surface area contributed by atoms with Crippen molar-refractivity contribution in [1.29, 1.82) is 0 Å². The molecule has 0 spiro atoms. The number of nitrogens with one attached hydrogen (secondary N) is 1. The fourth-order valence-electron chi connectivity index (χ4n) is 3.57. The predicted octanol–water partition coefficient (Wildman–Crippen LogP) is 3.62. The third kappa shape index (κ3) is 3.55. The van der Waals surface area contributed by atoms with Gasteiger partial charge in [-0.3, -0.25) is 9.36 Å². The molecule has 4 rings (SSSR count). The molecule has 0 saturated carbocycles. The summed E-state index contributed by atoms with van der Waals surface area (Å²) < 4.78 is 26.6. The van der Waals surface area contributed by atoms with E-state index in [2.05, 4.69) is 10.3 Å². The summed E-state index contributed by atoms with van der Waals surface area (Å²) >= 11 is 0.